The summed E-state index contributed by atoms with van der Waals surface area (Å²) in [6.07, 6.45) is 19.4. The normalized spacial score (nSPS) is 15.1. The van der Waals surface area contributed by atoms with Gasteiger partial charge in [0.2, 0.25) is 0 Å². The molecule has 0 nitrogen and oxygen atoms in total. The third kappa shape index (κ3) is 8.83. The average Bonchev–Trinajstić information content (AvgIpc) is 3.03. The average molecular weight is 593 g/mol. The standard InChI is InChI=1S/C39H48F4/c1-3-5-7-9-11-13-15-32-24-25-33(37(41)36(32)40)30-20-22-31(23-21-30)35-27-26-34(38(42)39(35)43)29-18-16-28(17-19-29)14-12-10-8-6-4-2/h18,20-28H,3-17,19H2,1-2H3. The molecule has 3 aromatic rings. The van der Waals surface area contributed by atoms with Crippen LogP contribution in [-0.4, -0.2) is 0 Å². The van der Waals surface area contributed by atoms with E-state index in [9.17, 15) is 4.39 Å². The molecule has 0 aliphatic heterocycles. The number of hydrogen-bond donors (Lipinski definition) is 0. The highest BCUT2D eigenvalue weighted by molar-refractivity contribution is 5.74. The molecule has 0 radical (unpaired) electrons. The van der Waals surface area contributed by atoms with Crippen LogP contribution < -0.4 is 0 Å². The van der Waals surface area contributed by atoms with Crippen molar-refractivity contribution in [3.63, 3.8) is 0 Å². The van der Waals surface area contributed by atoms with Gasteiger partial charge in [0.15, 0.2) is 23.3 Å². The lowest BCUT2D eigenvalue weighted by Gasteiger charge is -2.22. The van der Waals surface area contributed by atoms with Crippen LogP contribution in [0.1, 0.15) is 121 Å². The van der Waals surface area contributed by atoms with Crippen molar-refractivity contribution in [3.8, 4) is 22.3 Å². The van der Waals surface area contributed by atoms with Gasteiger partial charge in [-0.05, 0) is 60.3 Å². The van der Waals surface area contributed by atoms with Gasteiger partial charge in [0.25, 0.3) is 0 Å². The summed E-state index contributed by atoms with van der Waals surface area (Å²) in [6, 6.07) is 13.1. The Bertz CT molecular complexity index is 1340. The summed E-state index contributed by atoms with van der Waals surface area (Å²) in [4.78, 5) is 0. The minimum atomic E-state index is -0.875. The number of rotatable bonds is 16. The zero-order chi connectivity index (χ0) is 30.6. The SMILES string of the molecule is CCCCCCCCc1ccc(-c2ccc(-c3ccc(C4=CCC(CCCCCCC)CC4)c(F)c3F)cc2)c(F)c1F. The number of benzene rings is 3. The molecule has 4 rings (SSSR count). The van der Waals surface area contributed by atoms with Crippen LogP contribution in [0.3, 0.4) is 0 Å². The van der Waals surface area contributed by atoms with Gasteiger partial charge in [0.1, 0.15) is 0 Å². The summed E-state index contributed by atoms with van der Waals surface area (Å²) < 4.78 is 60.5. The van der Waals surface area contributed by atoms with Crippen molar-refractivity contribution in [1.29, 1.82) is 0 Å². The fourth-order valence-electron chi connectivity index (χ4n) is 6.38. The second kappa shape index (κ2) is 16.8. The molecule has 0 fully saturated rings. The van der Waals surface area contributed by atoms with Crippen LogP contribution in [0.25, 0.3) is 27.8 Å². The van der Waals surface area contributed by atoms with E-state index in [1.165, 1.54) is 57.8 Å². The van der Waals surface area contributed by atoms with Crippen LogP contribution in [0, 0.1) is 29.2 Å². The number of unbranched alkanes of at least 4 members (excludes halogenated alkanes) is 9. The van der Waals surface area contributed by atoms with Gasteiger partial charge in [0.05, 0.1) is 0 Å². The molecule has 0 amide bonds. The predicted octanol–water partition coefficient (Wildman–Crippen LogP) is 13.0. The first-order valence-electron chi connectivity index (χ1n) is 16.7. The number of hydrogen-bond acceptors (Lipinski definition) is 0. The van der Waals surface area contributed by atoms with E-state index in [1.54, 1.807) is 48.5 Å². The first-order chi connectivity index (χ1) is 20.9. The highest BCUT2D eigenvalue weighted by Crippen LogP contribution is 2.37. The fourth-order valence-corrected chi connectivity index (χ4v) is 6.38. The molecule has 1 atom stereocenters. The molecule has 0 saturated heterocycles. The number of halogens is 4. The molecule has 43 heavy (non-hydrogen) atoms. The van der Waals surface area contributed by atoms with Gasteiger partial charge in [-0.25, -0.2) is 17.6 Å². The van der Waals surface area contributed by atoms with Gasteiger partial charge in [-0.15, -0.1) is 0 Å². The van der Waals surface area contributed by atoms with E-state index < -0.39 is 23.3 Å². The minimum absolute atomic E-state index is 0.162. The largest absolute Gasteiger partial charge is 0.203 e. The van der Waals surface area contributed by atoms with Crippen LogP contribution in [-0.2, 0) is 6.42 Å². The van der Waals surface area contributed by atoms with E-state index in [0.29, 0.717) is 34.6 Å². The molecule has 0 heterocycles. The first kappa shape index (κ1) is 33.0. The third-order valence-electron chi connectivity index (χ3n) is 9.13. The van der Waals surface area contributed by atoms with Crippen molar-refractivity contribution >= 4 is 5.57 Å². The summed E-state index contributed by atoms with van der Waals surface area (Å²) in [7, 11) is 0. The van der Waals surface area contributed by atoms with Gasteiger partial charge >= 0.3 is 0 Å². The molecular formula is C39H48F4. The van der Waals surface area contributed by atoms with E-state index in [-0.39, 0.29) is 11.1 Å². The van der Waals surface area contributed by atoms with Crippen LogP contribution in [0.4, 0.5) is 17.6 Å². The molecule has 0 aromatic heterocycles. The maximum atomic E-state index is 15.3. The molecule has 1 unspecified atom stereocenters. The fraction of sp³-hybridized carbons (Fsp3) is 0.487. The number of aryl methyl sites for hydroxylation is 1. The van der Waals surface area contributed by atoms with Crippen molar-refractivity contribution in [2.75, 3.05) is 0 Å². The van der Waals surface area contributed by atoms with Crippen molar-refractivity contribution in [1.82, 2.24) is 0 Å². The molecule has 1 aliphatic rings. The van der Waals surface area contributed by atoms with Gasteiger partial charge in [-0.1, -0.05) is 139 Å². The summed E-state index contributed by atoms with van der Waals surface area (Å²) >= 11 is 0. The Hall–Kier alpha value is -2.88. The van der Waals surface area contributed by atoms with E-state index in [4.69, 9.17) is 0 Å². The third-order valence-corrected chi connectivity index (χ3v) is 9.13. The van der Waals surface area contributed by atoms with Crippen molar-refractivity contribution in [2.45, 2.75) is 117 Å². The van der Waals surface area contributed by atoms with Crippen LogP contribution in [0.5, 0.6) is 0 Å². The molecule has 0 spiro atoms. The smallest absolute Gasteiger partial charge is 0.167 e. The Kier molecular flexibility index (Phi) is 12.9. The predicted molar refractivity (Wildman–Crippen MR) is 173 cm³/mol. The second-order valence-corrected chi connectivity index (χ2v) is 12.4. The zero-order valence-corrected chi connectivity index (χ0v) is 26.1. The molecule has 3 aromatic carbocycles. The Labute approximate surface area is 256 Å². The van der Waals surface area contributed by atoms with Gasteiger partial charge in [-0.3, -0.25) is 0 Å². The first-order valence-corrected chi connectivity index (χ1v) is 16.7. The maximum absolute atomic E-state index is 15.3. The highest BCUT2D eigenvalue weighted by Gasteiger charge is 2.21. The van der Waals surface area contributed by atoms with Gasteiger partial charge in [-0.2, -0.15) is 0 Å². The molecule has 1 aliphatic carbocycles. The van der Waals surface area contributed by atoms with Gasteiger partial charge in [0, 0.05) is 16.7 Å². The lowest BCUT2D eigenvalue weighted by Crippen LogP contribution is -2.07. The van der Waals surface area contributed by atoms with Crippen molar-refractivity contribution in [2.24, 2.45) is 5.92 Å². The summed E-state index contributed by atoms with van der Waals surface area (Å²) in [6.45, 7) is 4.39. The zero-order valence-electron chi connectivity index (χ0n) is 26.1. The van der Waals surface area contributed by atoms with Crippen molar-refractivity contribution < 1.29 is 17.6 Å². The topological polar surface area (TPSA) is 0 Å². The van der Waals surface area contributed by atoms with Gasteiger partial charge < -0.3 is 0 Å². The number of allylic oxidation sites excluding steroid dienone is 2. The molecular weight excluding hydrogens is 544 g/mol. The Morgan fingerprint density at radius 2 is 1.07 bits per heavy atom. The summed E-state index contributed by atoms with van der Waals surface area (Å²) in [5, 5.41) is 0. The van der Waals surface area contributed by atoms with E-state index >= 15 is 13.2 Å². The minimum Gasteiger partial charge on any atom is -0.203 e. The van der Waals surface area contributed by atoms with E-state index in [0.717, 1.165) is 44.1 Å². The molecule has 0 saturated carbocycles. The molecule has 0 bridgehead atoms. The van der Waals surface area contributed by atoms with Crippen LogP contribution >= 0.6 is 0 Å². The Morgan fingerprint density at radius 3 is 1.67 bits per heavy atom. The van der Waals surface area contributed by atoms with E-state index in [1.807, 2.05) is 0 Å². The highest BCUT2D eigenvalue weighted by atomic mass is 19.2. The summed E-state index contributed by atoms with van der Waals surface area (Å²) in [5.41, 5.74) is 2.95. The quantitative estimate of drug-likeness (QED) is 0.115. The molecule has 4 heteroatoms. The van der Waals surface area contributed by atoms with Crippen molar-refractivity contribution in [3.05, 3.63) is 89.0 Å². The molecule has 0 N–H and O–H groups in total. The Balaban J connectivity index is 1.39. The lowest BCUT2D eigenvalue weighted by molar-refractivity contribution is 0.422. The molecule has 232 valence electrons. The lowest BCUT2D eigenvalue weighted by atomic mass is 9.83. The maximum Gasteiger partial charge on any atom is 0.167 e. The van der Waals surface area contributed by atoms with Crippen LogP contribution in [0.2, 0.25) is 0 Å². The second-order valence-electron chi connectivity index (χ2n) is 12.4. The van der Waals surface area contributed by atoms with Crippen LogP contribution in [0.15, 0.2) is 54.6 Å². The Morgan fingerprint density at radius 1 is 0.558 bits per heavy atom. The monoisotopic (exact) mass is 592 g/mol. The van der Waals surface area contributed by atoms with E-state index in [2.05, 4.69) is 19.9 Å². The summed E-state index contributed by atoms with van der Waals surface area (Å²) in [5.74, 6) is -2.72.